The normalized spacial score (nSPS) is 10.9. The lowest BCUT2D eigenvalue weighted by atomic mass is 10.7. The maximum Gasteiger partial charge on any atom is 0.341 e. The van der Waals surface area contributed by atoms with Crippen LogP contribution in [-0.2, 0) is 18.5 Å². The Labute approximate surface area is 94.1 Å². The molecule has 0 aliphatic heterocycles. The van der Waals surface area contributed by atoms with E-state index in [1.165, 1.54) is 7.11 Å². The van der Waals surface area contributed by atoms with Crippen molar-refractivity contribution in [2.45, 2.75) is 6.29 Å². The second-order valence-electron chi connectivity index (χ2n) is 2.10. The van der Waals surface area contributed by atoms with Crippen molar-refractivity contribution in [3.05, 3.63) is 12.7 Å². The molecule has 0 saturated carbocycles. The molecular formula is C8H16O6S. The van der Waals surface area contributed by atoms with Gasteiger partial charge in [0.25, 0.3) is 0 Å². The molecule has 15 heavy (non-hydrogen) atoms. The minimum absolute atomic E-state index is 0.0313. The average Bonchev–Trinajstić information content (AvgIpc) is 2.28. The number of aliphatic hydroxyl groups is 2. The van der Waals surface area contributed by atoms with Crippen molar-refractivity contribution in [2.75, 3.05) is 26.9 Å². The zero-order valence-corrected chi connectivity index (χ0v) is 9.35. The Morgan fingerprint density at radius 2 is 2.27 bits per heavy atom. The first-order valence-electron chi connectivity index (χ1n) is 3.99. The molecule has 0 radical (unpaired) electrons. The highest BCUT2D eigenvalue weighted by molar-refractivity contribution is 7.75. The largest absolute Gasteiger partial charge is 0.394 e. The van der Waals surface area contributed by atoms with Crippen molar-refractivity contribution >= 4 is 18.9 Å². The highest BCUT2D eigenvalue weighted by Gasteiger charge is 1.98. The Hall–Kier alpha value is -0.600. The van der Waals surface area contributed by atoms with E-state index in [1.807, 2.05) is 0 Å². The Morgan fingerprint density at radius 3 is 2.53 bits per heavy atom. The van der Waals surface area contributed by atoms with E-state index in [2.05, 4.69) is 28.4 Å². The first-order chi connectivity index (χ1) is 7.12. The molecule has 0 saturated heterocycles. The molecule has 0 bridgehead atoms. The highest BCUT2D eigenvalue weighted by Crippen LogP contribution is 1.83. The van der Waals surface area contributed by atoms with Gasteiger partial charge in [0.15, 0.2) is 6.29 Å². The summed E-state index contributed by atoms with van der Waals surface area (Å²) in [7, 11) is 1.38. The average molecular weight is 240 g/mol. The van der Waals surface area contributed by atoms with E-state index in [-0.39, 0.29) is 19.8 Å². The predicted octanol–water partition coefficient (Wildman–Crippen LogP) is -0.480. The number of hydrogen-bond donors (Lipinski definition) is 3. The standard InChI is InChI=1S/C5H12O4.C3H4O2S/c1-8-5(7)4-9-3-2-6;1-2-3(4)5-6/h5-7H,2-4H2,1H3;2,6H,1H2. The quantitative estimate of drug-likeness (QED) is 0.191. The monoisotopic (exact) mass is 240 g/mol. The number of aliphatic hydroxyl groups excluding tert-OH is 2. The smallest absolute Gasteiger partial charge is 0.341 e. The summed E-state index contributed by atoms with van der Waals surface area (Å²) in [6, 6.07) is 0. The van der Waals surface area contributed by atoms with Crippen molar-refractivity contribution < 1.29 is 28.7 Å². The van der Waals surface area contributed by atoms with Gasteiger partial charge >= 0.3 is 5.97 Å². The van der Waals surface area contributed by atoms with Gasteiger partial charge in [0, 0.05) is 26.1 Å². The van der Waals surface area contributed by atoms with Crippen LogP contribution in [0.5, 0.6) is 0 Å². The summed E-state index contributed by atoms with van der Waals surface area (Å²) in [5, 5.41) is 16.9. The Morgan fingerprint density at radius 1 is 1.67 bits per heavy atom. The van der Waals surface area contributed by atoms with Gasteiger partial charge in [0.1, 0.15) is 0 Å². The van der Waals surface area contributed by atoms with E-state index in [0.717, 1.165) is 6.08 Å². The van der Waals surface area contributed by atoms with E-state index in [9.17, 15) is 4.79 Å². The third-order valence-electron chi connectivity index (χ3n) is 1.02. The third-order valence-corrected chi connectivity index (χ3v) is 1.20. The van der Waals surface area contributed by atoms with Gasteiger partial charge in [0.05, 0.1) is 19.8 Å². The molecule has 0 aromatic carbocycles. The van der Waals surface area contributed by atoms with Crippen molar-refractivity contribution in [3.8, 4) is 0 Å². The first-order valence-corrected chi connectivity index (χ1v) is 4.36. The summed E-state index contributed by atoms with van der Waals surface area (Å²) in [4.78, 5) is 9.76. The summed E-state index contributed by atoms with van der Waals surface area (Å²) in [6.07, 6.45) is 0.157. The molecule has 0 spiro atoms. The number of rotatable bonds is 6. The number of hydrogen-bond acceptors (Lipinski definition) is 7. The Bertz CT molecular complexity index is 163. The summed E-state index contributed by atoms with van der Waals surface area (Å²) in [5.74, 6) is -0.529. The number of methoxy groups -OCH3 is 1. The minimum atomic E-state index is -0.878. The van der Waals surface area contributed by atoms with Gasteiger partial charge in [0.2, 0.25) is 0 Å². The molecule has 7 heteroatoms. The second kappa shape index (κ2) is 13.4. The van der Waals surface area contributed by atoms with Gasteiger partial charge in [-0.2, -0.15) is 0 Å². The predicted molar refractivity (Wildman–Crippen MR) is 56.2 cm³/mol. The fourth-order valence-corrected chi connectivity index (χ4v) is 0.429. The molecule has 6 nitrogen and oxygen atoms in total. The Balaban J connectivity index is 0. The van der Waals surface area contributed by atoms with E-state index in [1.54, 1.807) is 0 Å². The maximum atomic E-state index is 9.76. The third kappa shape index (κ3) is 16.1. The van der Waals surface area contributed by atoms with Crippen LogP contribution in [0.1, 0.15) is 0 Å². The molecular weight excluding hydrogens is 224 g/mol. The molecule has 0 rings (SSSR count). The summed E-state index contributed by atoms with van der Waals surface area (Å²) in [6.45, 7) is 3.42. The first kappa shape index (κ1) is 16.8. The summed E-state index contributed by atoms with van der Waals surface area (Å²) < 4.78 is 13.0. The zero-order valence-electron chi connectivity index (χ0n) is 8.46. The highest BCUT2D eigenvalue weighted by atomic mass is 32.1. The lowest BCUT2D eigenvalue weighted by molar-refractivity contribution is -0.127. The molecule has 1 unspecified atom stereocenters. The van der Waals surface area contributed by atoms with E-state index in [4.69, 9.17) is 14.9 Å². The van der Waals surface area contributed by atoms with Crippen molar-refractivity contribution in [1.29, 1.82) is 0 Å². The van der Waals surface area contributed by atoms with Crippen LogP contribution in [0.2, 0.25) is 0 Å². The molecule has 0 heterocycles. The molecule has 0 aromatic heterocycles. The minimum Gasteiger partial charge on any atom is -0.394 e. The van der Waals surface area contributed by atoms with Crippen LogP contribution in [0.15, 0.2) is 12.7 Å². The number of carbonyl (C=O) groups is 1. The van der Waals surface area contributed by atoms with Crippen molar-refractivity contribution in [2.24, 2.45) is 0 Å². The maximum absolute atomic E-state index is 9.76. The van der Waals surface area contributed by atoms with Crippen LogP contribution >= 0.6 is 12.9 Å². The topological polar surface area (TPSA) is 85.2 Å². The number of ether oxygens (including phenoxy) is 2. The lowest BCUT2D eigenvalue weighted by Gasteiger charge is -2.06. The molecule has 0 fully saturated rings. The van der Waals surface area contributed by atoms with Crippen molar-refractivity contribution in [1.82, 2.24) is 0 Å². The molecule has 2 N–H and O–H groups in total. The van der Waals surface area contributed by atoms with E-state index < -0.39 is 12.3 Å². The van der Waals surface area contributed by atoms with Gasteiger partial charge in [-0.15, -0.1) is 0 Å². The van der Waals surface area contributed by atoms with Gasteiger partial charge in [-0.1, -0.05) is 6.58 Å². The van der Waals surface area contributed by atoms with Crippen LogP contribution in [0, 0.1) is 0 Å². The fraction of sp³-hybridized carbons (Fsp3) is 0.625. The summed E-state index contributed by atoms with van der Waals surface area (Å²) >= 11 is 3.17. The van der Waals surface area contributed by atoms with Crippen LogP contribution in [0.4, 0.5) is 0 Å². The van der Waals surface area contributed by atoms with Gasteiger partial charge in [-0.05, 0) is 0 Å². The van der Waals surface area contributed by atoms with Crippen LogP contribution in [0.25, 0.3) is 0 Å². The lowest BCUT2D eigenvalue weighted by Crippen LogP contribution is -2.18. The molecule has 0 aromatic rings. The molecule has 0 aliphatic carbocycles. The number of carbonyl (C=O) groups excluding carboxylic acids is 1. The molecule has 0 aliphatic rings. The van der Waals surface area contributed by atoms with Gasteiger partial charge < -0.3 is 23.9 Å². The van der Waals surface area contributed by atoms with Crippen LogP contribution in [0.3, 0.4) is 0 Å². The Kier molecular flexibility index (Phi) is 15.0. The summed E-state index contributed by atoms with van der Waals surface area (Å²) in [5.41, 5.74) is 0. The van der Waals surface area contributed by atoms with Crippen molar-refractivity contribution in [3.63, 3.8) is 0 Å². The van der Waals surface area contributed by atoms with Crippen LogP contribution < -0.4 is 0 Å². The molecule has 1 atom stereocenters. The van der Waals surface area contributed by atoms with Crippen LogP contribution in [-0.4, -0.2) is 49.4 Å². The zero-order chi connectivity index (χ0) is 12.1. The molecule has 90 valence electrons. The SMILES string of the molecule is C=CC(=O)OS.COC(O)COCCO. The number of thiol groups is 1. The van der Waals surface area contributed by atoms with Gasteiger partial charge in [-0.3, -0.25) is 0 Å². The molecule has 0 amide bonds. The van der Waals surface area contributed by atoms with Gasteiger partial charge in [-0.25, -0.2) is 4.79 Å². The van der Waals surface area contributed by atoms with E-state index >= 15 is 0 Å². The fourth-order valence-electron chi connectivity index (χ4n) is 0.354. The second-order valence-corrected chi connectivity index (χ2v) is 2.29. The van der Waals surface area contributed by atoms with E-state index in [0.29, 0.717) is 0 Å².